The van der Waals surface area contributed by atoms with Crippen molar-refractivity contribution in [3.05, 3.63) is 27.3 Å². The van der Waals surface area contributed by atoms with E-state index in [4.69, 9.17) is 5.11 Å². The number of nitrogens with zero attached hydrogens (tertiary/aromatic N) is 1. The van der Waals surface area contributed by atoms with Crippen molar-refractivity contribution in [1.29, 1.82) is 0 Å². The topological polar surface area (TPSA) is 61.7 Å². The summed E-state index contributed by atoms with van der Waals surface area (Å²) in [5.74, 6) is -0.961. The number of hydrogen-bond acceptors (Lipinski definition) is 3. The van der Waals surface area contributed by atoms with E-state index in [2.05, 4.69) is 33.1 Å². The Hall–Kier alpha value is -1.11. The molecule has 0 atom stereocenters. The van der Waals surface area contributed by atoms with Gasteiger partial charge >= 0.3 is 5.97 Å². The molecule has 74 valence electrons. The van der Waals surface area contributed by atoms with Crippen molar-refractivity contribution in [2.75, 3.05) is 5.43 Å². The number of halogens is 1. The molecule has 0 aliphatic rings. The van der Waals surface area contributed by atoms with Crippen LogP contribution >= 0.6 is 22.6 Å². The van der Waals surface area contributed by atoms with Gasteiger partial charge in [-0.3, -0.25) is 5.43 Å². The van der Waals surface area contributed by atoms with E-state index in [1.807, 2.05) is 6.07 Å². The third kappa shape index (κ3) is 2.69. The Morgan fingerprint density at radius 3 is 2.93 bits per heavy atom. The minimum Gasteiger partial charge on any atom is -0.478 e. The van der Waals surface area contributed by atoms with E-state index in [1.165, 1.54) is 0 Å². The molecule has 0 radical (unpaired) electrons. The molecule has 0 bridgehead atoms. The Balaban J connectivity index is 3.08. The molecule has 0 heterocycles. The van der Waals surface area contributed by atoms with Gasteiger partial charge in [0.15, 0.2) is 0 Å². The van der Waals surface area contributed by atoms with Crippen LogP contribution in [0.1, 0.15) is 17.3 Å². The van der Waals surface area contributed by atoms with Gasteiger partial charge in [0.2, 0.25) is 0 Å². The number of carboxylic acid groups (broad SMARTS) is 1. The predicted molar refractivity (Wildman–Crippen MR) is 63.9 cm³/mol. The molecule has 0 unspecified atom stereocenters. The van der Waals surface area contributed by atoms with Crippen LogP contribution in [0.25, 0.3) is 0 Å². The Bertz CT molecular complexity index is 377. The van der Waals surface area contributed by atoms with E-state index in [1.54, 1.807) is 25.3 Å². The first-order valence-corrected chi connectivity index (χ1v) is 4.99. The van der Waals surface area contributed by atoms with Crippen molar-refractivity contribution in [2.24, 2.45) is 5.10 Å². The van der Waals surface area contributed by atoms with Gasteiger partial charge in [-0.2, -0.15) is 5.10 Å². The van der Waals surface area contributed by atoms with Gasteiger partial charge in [-0.25, -0.2) is 4.79 Å². The van der Waals surface area contributed by atoms with Crippen LogP contribution in [0.2, 0.25) is 0 Å². The summed E-state index contributed by atoms with van der Waals surface area (Å²) >= 11 is 2.06. The zero-order chi connectivity index (χ0) is 10.6. The zero-order valence-corrected chi connectivity index (χ0v) is 9.65. The molecule has 14 heavy (non-hydrogen) atoms. The fourth-order valence-corrected chi connectivity index (χ4v) is 1.42. The van der Waals surface area contributed by atoms with Crippen LogP contribution in [0.5, 0.6) is 0 Å². The highest BCUT2D eigenvalue weighted by Gasteiger charge is 2.09. The number of anilines is 1. The number of aromatic carboxylic acids is 1. The molecule has 0 aliphatic heterocycles. The number of hydrazone groups is 1. The van der Waals surface area contributed by atoms with Gasteiger partial charge in [-0.15, -0.1) is 0 Å². The summed E-state index contributed by atoms with van der Waals surface area (Å²) in [7, 11) is 0. The average molecular weight is 304 g/mol. The maximum Gasteiger partial charge on any atom is 0.337 e. The fraction of sp³-hybridized carbons (Fsp3) is 0.111. The molecule has 0 aromatic heterocycles. The van der Waals surface area contributed by atoms with E-state index < -0.39 is 5.97 Å². The van der Waals surface area contributed by atoms with E-state index in [-0.39, 0.29) is 5.56 Å². The Morgan fingerprint density at radius 2 is 2.36 bits per heavy atom. The van der Waals surface area contributed by atoms with Gasteiger partial charge < -0.3 is 5.11 Å². The van der Waals surface area contributed by atoms with Crippen molar-refractivity contribution in [3.63, 3.8) is 0 Å². The summed E-state index contributed by atoms with van der Waals surface area (Å²) in [6.45, 7) is 1.75. The van der Waals surface area contributed by atoms with Crippen molar-refractivity contribution >= 4 is 40.5 Å². The molecular formula is C9H9IN2O2. The molecular weight excluding hydrogens is 295 g/mol. The van der Waals surface area contributed by atoms with Crippen molar-refractivity contribution in [1.82, 2.24) is 0 Å². The molecule has 0 saturated heterocycles. The third-order valence-electron chi connectivity index (χ3n) is 1.53. The molecule has 1 aromatic rings. The van der Waals surface area contributed by atoms with Crippen LogP contribution in [0.15, 0.2) is 23.3 Å². The fourth-order valence-electron chi connectivity index (χ4n) is 0.925. The van der Waals surface area contributed by atoms with Gasteiger partial charge in [-0.1, -0.05) is 0 Å². The van der Waals surface area contributed by atoms with Crippen LogP contribution in [-0.4, -0.2) is 17.3 Å². The summed E-state index contributed by atoms with van der Waals surface area (Å²) in [6.07, 6.45) is 1.56. The molecule has 0 saturated carbocycles. The van der Waals surface area contributed by atoms with E-state index in [0.29, 0.717) is 5.69 Å². The van der Waals surface area contributed by atoms with Crippen LogP contribution in [0.3, 0.4) is 0 Å². The Kier molecular flexibility index (Phi) is 3.87. The van der Waals surface area contributed by atoms with Crippen LogP contribution < -0.4 is 5.43 Å². The van der Waals surface area contributed by atoms with Crippen LogP contribution in [-0.2, 0) is 0 Å². The third-order valence-corrected chi connectivity index (χ3v) is 2.20. The first-order valence-electron chi connectivity index (χ1n) is 3.91. The minimum atomic E-state index is -0.961. The molecule has 0 spiro atoms. The smallest absolute Gasteiger partial charge is 0.337 e. The van der Waals surface area contributed by atoms with Crippen molar-refractivity contribution in [3.8, 4) is 0 Å². The largest absolute Gasteiger partial charge is 0.478 e. The lowest BCUT2D eigenvalue weighted by Crippen LogP contribution is -2.02. The maximum absolute atomic E-state index is 10.8. The van der Waals surface area contributed by atoms with Gasteiger partial charge in [0.25, 0.3) is 0 Å². The monoisotopic (exact) mass is 304 g/mol. The van der Waals surface area contributed by atoms with E-state index >= 15 is 0 Å². The SMILES string of the molecule is C/C=N/Nc1ccc(I)cc1C(=O)O. The number of rotatable bonds is 3. The average Bonchev–Trinajstić information content (AvgIpc) is 2.15. The number of benzene rings is 1. The summed E-state index contributed by atoms with van der Waals surface area (Å²) in [6, 6.07) is 5.11. The number of nitrogens with one attached hydrogen (secondary N) is 1. The normalized spacial score (nSPS) is 10.4. The van der Waals surface area contributed by atoms with Crippen LogP contribution in [0, 0.1) is 3.57 Å². The zero-order valence-electron chi connectivity index (χ0n) is 7.49. The first-order chi connectivity index (χ1) is 6.65. The quantitative estimate of drug-likeness (QED) is 0.512. The van der Waals surface area contributed by atoms with Gasteiger partial charge in [0.05, 0.1) is 11.3 Å². The second-order valence-corrected chi connectivity index (χ2v) is 3.74. The van der Waals surface area contributed by atoms with Gasteiger partial charge in [0, 0.05) is 9.78 Å². The predicted octanol–water partition coefficient (Wildman–Crippen LogP) is 2.41. The summed E-state index contributed by atoms with van der Waals surface area (Å²) < 4.78 is 0.881. The second kappa shape index (κ2) is 4.94. The molecule has 0 aliphatic carbocycles. The molecule has 1 rings (SSSR count). The lowest BCUT2D eigenvalue weighted by Gasteiger charge is -2.04. The highest BCUT2D eigenvalue weighted by Crippen LogP contribution is 2.18. The minimum absolute atomic E-state index is 0.225. The lowest BCUT2D eigenvalue weighted by molar-refractivity contribution is 0.0698. The second-order valence-electron chi connectivity index (χ2n) is 2.49. The molecule has 1 aromatic carbocycles. The lowest BCUT2D eigenvalue weighted by atomic mass is 10.2. The molecule has 5 heteroatoms. The maximum atomic E-state index is 10.8. The van der Waals surface area contributed by atoms with Gasteiger partial charge in [-0.05, 0) is 47.7 Å². The first kappa shape index (κ1) is 11.0. The standard InChI is InChI=1S/C9H9IN2O2/c1-2-11-12-8-4-3-6(10)5-7(8)9(13)14/h2-5,12H,1H3,(H,13,14)/b11-2+. The molecule has 0 amide bonds. The Labute approximate surface area is 95.2 Å². The molecule has 2 N–H and O–H groups in total. The summed E-state index contributed by atoms with van der Waals surface area (Å²) in [4.78, 5) is 10.8. The number of carboxylic acids is 1. The van der Waals surface area contributed by atoms with Gasteiger partial charge in [0.1, 0.15) is 0 Å². The number of carbonyl (C=O) groups is 1. The van der Waals surface area contributed by atoms with Crippen LogP contribution in [0.4, 0.5) is 5.69 Å². The van der Waals surface area contributed by atoms with E-state index in [9.17, 15) is 4.79 Å². The van der Waals surface area contributed by atoms with Crippen molar-refractivity contribution in [2.45, 2.75) is 6.92 Å². The highest BCUT2D eigenvalue weighted by molar-refractivity contribution is 14.1. The summed E-state index contributed by atoms with van der Waals surface area (Å²) in [5.41, 5.74) is 3.38. The molecule has 4 nitrogen and oxygen atoms in total. The number of hydrogen-bond donors (Lipinski definition) is 2. The highest BCUT2D eigenvalue weighted by atomic mass is 127. The van der Waals surface area contributed by atoms with E-state index in [0.717, 1.165) is 3.57 Å². The molecule has 0 fully saturated rings. The summed E-state index contributed by atoms with van der Waals surface area (Å²) in [5, 5.41) is 12.7. The van der Waals surface area contributed by atoms with Crippen molar-refractivity contribution < 1.29 is 9.90 Å². The Morgan fingerprint density at radius 1 is 1.64 bits per heavy atom.